The van der Waals surface area contributed by atoms with Gasteiger partial charge >= 0.3 is 0 Å². The van der Waals surface area contributed by atoms with Gasteiger partial charge in [-0.2, -0.15) is 0 Å². The van der Waals surface area contributed by atoms with Crippen LogP contribution in [-0.4, -0.2) is 60.5 Å². The molecule has 1 unspecified atom stereocenters. The number of likely N-dealkylation sites (tertiary alicyclic amines) is 1. The summed E-state index contributed by atoms with van der Waals surface area (Å²) in [6, 6.07) is 1.33. The van der Waals surface area contributed by atoms with Crippen LogP contribution in [0.25, 0.3) is 0 Å². The molecule has 1 N–H and O–H groups in total. The van der Waals surface area contributed by atoms with Gasteiger partial charge in [-0.3, -0.25) is 4.79 Å². The van der Waals surface area contributed by atoms with Gasteiger partial charge in [-0.25, -0.2) is 0 Å². The lowest BCUT2D eigenvalue weighted by Crippen LogP contribution is -2.59. The van der Waals surface area contributed by atoms with E-state index in [1.54, 1.807) is 0 Å². The summed E-state index contributed by atoms with van der Waals surface area (Å²) in [6.45, 7) is 9.75. The number of amides is 1. The van der Waals surface area contributed by atoms with E-state index < -0.39 is 0 Å². The second-order valence-electron chi connectivity index (χ2n) is 7.17. The molecule has 114 valence electrons. The summed E-state index contributed by atoms with van der Waals surface area (Å²) in [5, 5.41) is 3.90. The smallest absolute Gasteiger partial charge is 0.225 e. The molecule has 0 radical (unpaired) electrons. The number of rotatable bonds is 3. The average Bonchev–Trinajstić information content (AvgIpc) is 2.48. The number of hydrogen-bond donors (Lipinski definition) is 1. The van der Waals surface area contributed by atoms with Crippen molar-refractivity contribution < 1.29 is 4.79 Å². The van der Waals surface area contributed by atoms with Gasteiger partial charge in [0, 0.05) is 37.6 Å². The summed E-state index contributed by atoms with van der Waals surface area (Å²) in [7, 11) is 0. The molecule has 0 saturated carbocycles. The highest BCUT2D eigenvalue weighted by atomic mass is 16.2. The highest BCUT2D eigenvalue weighted by molar-refractivity contribution is 5.78. The first-order chi connectivity index (χ1) is 9.63. The van der Waals surface area contributed by atoms with Crippen molar-refractivity contribution >= 4 is 5.91 Å². The van der Waals surface area contributed by atoms with E-state index in [9.17, 15) is 4.79 Å². The van der Waals surface area contributed by atoms with Crippen molar-refractivity contribution in [3.63, 3.8) is 0 Å². The summed E-state index contributed by atoms with van der Waals surface area (Å²) in [6.07, 6.45) is 5.01. The lowest BCUT2D eigenvalue weighted by atomic mass is 9.83. The second-order valence-corrected chi connectivity index (χ2v) is 7.17. The molecule has 4 saturated heterocycles. The fourth-order valence-corrected chi connectivity index (χ4v) is 4.09. The number of nitrogens with zero attached hydrogens (tertiary/aromatic N) is 2. The third kappa shape index (κ3) is 3.01. The van der Waals surface area contributed by atoms with Crippen molar-refractivity contribution in [2.24, 2.45) is 11.8 Å². The van der Waals surface area contributed by atoms with Gasteiger partial charge in [-0.15, -0.1) is 0 Å². The zero-order valence-electron chi connectivity index (χ0n) is 13.0. The summed E-state index contributed by atoms with van der Waals surface area (Å²) in [4.78, 5) is 16.7. The predicted octanol–water partition coefficient (Wildman–Crippen LogP) is 1.32. The Bertz CT molecular complexity index is 342. The second kappa shape index (κ2) is 6.02. The van der Waals surface area contributed by atoms with Gasteiger partial charge in [0.1, 0.15) is 0 Å². The van der Waals surface area contributed by atoms with E-state index in [0.29, 0.717) is 18.0 Å². The molecule has 1 amide bonds. The van der Waals surface area contributed by atoms with Crippen molar-refractivity contribution in [1.29, 1.82) is 0 Å². The standard InChI is InChI=1S/C16H29N3O/c1-12(2)16(20)19-9-5-14(6-10-19)17-15-11-18-7-3-13(15)4-8-18/h12-15,17H,3-11H2,1-2H3. The van der Waals surface area contributed by atoms with Crippen LogP contribution in [0.15, 0.2) is 0 Å². The Morgan fingerprint density at radius 1 is 1.05 bits per heavy atom. The molecule has 4 nitrogen and oxygen atoms in total. The third-order valence-electron chi connectivity index (χ3n) is 5.41. The molecular formula is C16H29N3O. The fraction of sp³-hybridized carbons (Fsp3) is 0.938. The molecule has 4 rings (SSSR count). The van der Waals surface area contributed by atoms with E-state index in [4.69, 9.17) is 0 Å². The number of carbonyl (C=O) groups is 1. The maximum Gasteiger partial charge on any atom is 0.225 e. The number of fused-ring (bicyclic) bond motifs is 3. The van der Waals surface area contributed by atoms with E-state index in [2.05, 4.69) is 15.1 Å². The van der Waals surface area contributed by atoms with Crippen LogP contribution in [0.2, 0.25) is 0 Å². The lowest BCUT2D eigenvalue weighted by molar-refractivity contribution is -0.135. The maximum absolute atomic E-state index is 12.0. The highest BCUT2D eigenvalue weighted by Gasteiger charge is 2.35. The zero-order chi connectivity index (χ0) is 14.1. The average molecular weight is 279 g/mol. The molecule has 0 aromatic rings. The first kappa shape index (κ1) is 14.3. The van der Waals surface area contributed by atoms with Crippen LogP contribution in [0.4, 0.5) is 0 Å². The molecule has 0 aliphatic carbocycles. The van der Waals surface area contributed by atoms with E-state index in [-0.39, 0.29) is 5.92 Å². The van der Waals surface area contributed by atoms with Gasteiger partial charge in [-0.05, 0) is 44.7 Å². The van der Waals surface area contributed by atoms with Crippen LogP contribution in [-0.2, 0) is 4.79 Å². The fourth-order valence-electron chi connectivity index (χ4n) is 4.09. The minimum atomic E-state index is 0.140. The van der Waals surface area contributed by atoms with E-state index in [1.807, 2.05) is 13.8 Å². The largest absolute Gasteiger partial charge is 0.342 e. The molecular weight excluding hydrogens is 250 g/mol. The quantitative estimate of drug-likeness (QED) is 0.846. The lowest BCUT2D eigenvalue weighted by Gasteiger charge is -2.47. The van der Waals surface area contributed by atoms with Crippen LogP contribution in [0.3, 0.4) is 0 Å². The Hall–Kier alpha value is -0.610. The summed E-state index contributed by atoms with van der Waals surface area (Å²) < 4.78 is 0. The van der Waals surface area contributed by atoms with Crippen molar-refractivity contribution in [2.75, 3.05) is 32.7 Å². The normalized spacial score (nSPS) is 34.8. The van der Waals surface area contributed by atoms with Gasteiger partial charge in [-0.1, -0.05) is 13.8 Å². The maximum atomic E-state index is 12.0. The molecule has 4 aliphatic heterocycles. The molecule has 4 fully saturated rings. The summed E-state index contributed by atoms with van der Waals surface area (Å²) in [5.41, 5.74) is 0. The van der Waals surface area contributed by atoms with Crippen LogP contribution >= 0.6 is 0 Å². The van der Waals surface area contributed by atoms with Gasteiger partial charge < -0.3 is 15.1 Å². The van der Waals surface area contributed by atoms with Gasteiger partial charge in [0.05, 0.1) is 0 Å². The number of hydrogen-bond acceptors (Lipinski definition) is 3. The van der Waals surface area contributed by atoms with Crippen LogP contribution < -0.4 is 5.32 Å². The molecule has 1 atom stereocenters. The SMILES string of the molecule is CC(C)C(=O)N1CCC(NC2CN3CCC2CC3)CC1. The summed E-state index contributed by atoms with van der Waals surface area (Å²) in [5.74, 6) is 1.36. The molecule has 20 heavy (non-hydrogen) atoms. The van der Waals surface area contributed by atoms with Crippen molar-refractivity contribution in [3.05, 3.63) is 0 Å². The predicted molar refractivity (Wildman–Crippen MR) is 80.5 cm³/mol. The molecule has 4 aliphatic rings. The van der Waals surface area contributed by atoms with Crippen LogP contribution in [0.5, 0.6) is 0 Å². The van der Waals surface area contributed by atoms with Crippen molar-refractivity contribution in [1.82, 2.24) is 15.1 Å². The van der Waals surface area contributed by atoms with Gasteiger partial charge in [0.25, 0.3) is 0 Å². The third-order valence-corrected chi connectivity index (χ3v) is 5.41. The minimum Gasteiger partial charge on any atom is -0.342 e. The first-order valence-electron chi connectivity index (χ1n) is 8.40. The monoisotopic (exact) mass is 279 g/mol. The Morgan fingerprint density at radius 3 is 2.20 bits per heavy atom. The van der Waals surface area contributed by atoms with Crippen LogP contribution in [0.1, 0.15) is 39.5 Å². The van der Waals surface area contributed by atoms with E-state index >= 15 is 0 Å². The Kier molecular flexibility index (Phi) is 4.32. The van der Waals surface area contributed by atoms with Gasteiger partial charge in [0.2, 0.25) is 5.91 Å². The summed E-state index contributed by atoms with van der Waals surface area (Å²) >= 11 is 0. The van der Waals surface area contributed by atoms with Crippen molar-refractivity contribution in [2.45, 2.75) is 51.6 Å². The molecule has 2 bridgehead atoms. The minimum absolute atomic E-state index is 0.140. The zero-order valence-corrected chi connectivity index (χ0v) is 13.0. The van der Waals surface area contributed by atoms with E-state index in [0.717, 1.165) is 31.8 Å². The van der Waals surface area contributed by atoms with E-state index in [1.165, 1.54) is 32.5 Å². The Balaban J connectivity index is 1.46. The van der Waals surface area contributed by atoms with Crippen molar-refractivity contribution in [3.8, 4) is 0 Å². The molecule has 4 heteroatoms. The highest BCUT2D eigenvalue weighted by Crippen LogP contribution is 2.28. The molecule has 0 spiro atoms. The number of carbonyl (C=O) groups excluding carboxylic acids is 1. The van der Waals surface area contributed by atoms with Gasteiger partial charge in [0.15, 0.2) is 0 Å². The Morgan fingerprint density at radius 2 is 1.70 bits per heavy atom. The van der Waals surface area contributed by atoms with Crippen LogP contribution in [0, 0.1) is 11.8 Å². The molecule has 0 aromatic heterocycles. The molecule has 4 heterocycles. The topological polar surface area (TPSA) is 35.6 Å². The first-order valence-corrected chi connectivity index (χ1v) is 8.40. The number of piperidine rings is 4. The Labute approximate surface area is 122 Å². The molecule has 0 aromatic carbocycles. The number of nitrogens with one attached hydrogen (secondary N) is 1.